The van der Waals surface area contributed by atoms with Crippen LogP contribution in [0.4, 0.5) is 0 Å². The van der Waals surface area contributed by atoms with E-state index < -0.39 is 0 Å². The van der Waals surface area contributed by atoms with Crippen LogP contribution in [0, 0.1) is 0 Å². The molecule has 3 nitrogen and oxygen atoms in total. The normalized spacial score (nSPS) is 10.4. The smallest absolute Gasteiger partial charge is 0.0769 e. The van der Waals surface area contributed by atoms with Crippen molar-refractivity contribution in [3.8, 4) is 0 Å². The van der Waals surface area contributed by atoms with E-state index in [4.69, 9.17) is 0 Å². The quantitative estimate of drug-likeness (QED) is 0.821. The number of hydrogen-bond acceptors (Lipinski definition) is 4. The van der Waals surface area contributed by atoms with Gasteiger partial charge in [-0.3, -0.25) is 0 Å². The largest absolute Gasteiger partial charge is 0.307 e. The molecular formula is C13H15N3S. The lowest BCUT2D eigenvalue weighted by molar-refractivity contribution is 0.670. The van der Waals surface area contributed by atoms with Gasteiger partial charge in [0, 0.05) is 24.2 Å². The first-order valence-corrected chi connectivity index (χ1v) is 6.71. The summed E-state index contributed by atoms with van der Waals surface area (Å²) in [5, 5.41) is 11.2. The zero-order chi connectivity index (χ0) is 11.9. The summed E-state index contributed by atoms with van der Waals surface area (Å²) >= 11 is 1.76. The van der Waals surface area contributed by atoms with Crippen LogP contribution in [0.5, 0.6) is 0 Å². The van der Waals surface area contributed by atoms with Gasteiger partial charge >= 0.3 is 0 Å². The van der Waals surface area contributed by atoms with Crippen molar-refractivity contribution in [1.29, 1.82) is 0 Å². The molecule has 1 aromatic carbocycles. The molecule has 0 radical (unpaired) electrons. The molecule has 0 unspecified atom stereocenters. The summed E-state index contributed by atoms with van der Waals surface area (Å²) in [5.74, 6) is 0. The van der Waals surface area contributed by atoms with Gasteiger partial charge in [0.2, 0.25) is 0 Å². The molecule has 1 aromatic heterocycles. The van der Waals surface area contributed by atoms with E-state index in [1.165, 1.54) is 10.5 Å². The highest BCUT2D eigenvalue weighted by Crippen LogP contribution is 2.14. The Hall–Kier alpha value is -1.39. The molecule has 88 valence electrons. The fraction of sp³-hybridized carbons (Fsp3) is 0.231. The second-order valence-electron chi connectivity index (χ2n) is 3.67. The molecule has 0 bridgehead atoms. The van der Waals surface area contributed by atoms with Crippen molar-refractivity contribution in [2.45, 2.75) is 18.0 Å². The van der Waals surface area contributed by atoms with Crippen molar-refractivity contribution in [2.24, 2.45) is 0 Å². The van der Waals surface area contributed by atoms with Crippen LogP contribution in [0.2, 0.25) is 0 Å². The Morgan fingerprint density at radius 1 is 1.12 bits per heavy atom. The number of benzene rings is 1. The van der Waals surface area contributed by atoms with Gasteiger partial charge in [-0.2, -0.15) is 10.2 Å². The SMILES string of the molecule is CSc1ccc(CNCc2cccnn2)cc1. The number of hydrogen-bond donors (Lipinski definition) is 1. The minimum absolute atomic E-state index is 0.748. The van der Waals surface area contributed by atoms with Crippen molar-refractivity contribution >= 4 is 11.8 Å². The fourth-order valence-electron chi connectivity index (χ4n) is 1.51. The van der Waals surface area contributed by atoms with Gasteiger partial charge in [0.05, 0.1) is 5.69 Å². The topological polar surface area (TPSA) is 37.8 Å². The maximum absolute atomic E-state index is 4.02. The van der Waals surface area contributed by atoms with Crippen LogP contribution in [-0.4, -0.2) is 16.5 Å². The van der Waals surface area contributed by atoms with Gasteiger partial charge in [0.15, 0.2) is 0 Å². The van der Waals surface area contributed by atoms with E-state index in [-0.39, 0.29) is 0 Å². The number of thioether (sulfide) groups is 1. The number of aromatic nitrogens is 2. The first-order chi connectivity index (χ1) is 8.38. The van der Waals surface area contributed by atoms with Crippen LogP contribution in [0.25, 0.3) is 0 Å². The lowest BCUT2D eigenvalue weighted by Crippen LogP contribution is -2.13. The van der Waals surface area contributed by atoms with E-state index >= 15 is 0 Å². The number of nitrogens with one attached hydrogen (secondary N) is 1. The van der Waals surface area contributed by atoms with Gasteiger partial charge < -0.3 is 5.32 Å². The predicted molar refractivity (Wildman–Crippen MR) is 70.8 cm³/mol. The van der Waals surface area contributed by atoms with Crippen molar-refractivity contribution < 1.29 is 0 Å². The molecule has 4 heteroatoms. The van der Waals surface area contributed by atoms with Gasteiger partial charge in [-0.25, -0.2) is 0 Å². The van der Waals surface area contributed by atoms with E-state index in [1.54, 1.807) is 18.0 Å². The molecule has 0 aliphatic rings. The summed E-state index contributed by atoms with van der Waals surface area (Å²) in [6, 6.07) is 12.5. The number of rotatable bonds is 5. The maximum atomic E-state index is 4.02. The van der Waals surface area contributed by atoms with Crippen molar-refractivity contribution in [2.75, 3.05) is 6.26 Å². The lowest BCUT2D eigenvalue weighted by atomic mass is 10.2. The van der Waals surface area contributed by atoms with Gasteiger partial charge in [-0.15, -0.1) is 11.8 Å². The molecule has 1 heterocycles. The summed E-state index contributed by atoms with van der Waals surface area (Å²) in [5.41, 5.74) is 2.25. The maximum Gasteiger partial charge on any atom is 0.0769 e. The Kier molecular flexibility index (Phi) is 4.53. The average Bonchev–Trinajstić information content (AvgIpc) is 2.41. The third-order valence-corrected chi connectivity index (χ3v) is 3.17. The summed E-state index contributed by atoms with van der Waals surface area (Å²) in [7, 11) is 0. The van der Waals surface area contributed by atoms with Crippen LogP contribution in [0.1, 0.15) is 11.3 Å². The first-order valence-electron chi connectivity index (χ1n) is 5.49. The number of nitrogens with zero attached hydrogens (tertiary/aromatic N) is 2. The zero-order valence-electron chi connectivity index (χ0n) is 9.76. The van der Waals surface area contributed by atoms with Crippen molar-refractivity contribution in [3.63, 3.8) is 0 Å². The van der Waals surface area contributed by atoms with Gasteiger partial charge in [-0.05, 0) is 36.1 Å². The van der Waals surface area contributed by atoms with E-state index in [9.17, 15) is 0 Å². The standard InChI is InChI=1S/C13H15N3S/c1-17-13-6-4-11(5-7-13)9-14-10-12-3-2-8-15-16-12/h2-8,14H,9-10H2,1H3. The van der Waals surface area contributed by atoms with Crippen molar-refractivity contribution in [1.82, 2.24) is 15.5 Å². The van der Waals surface area contributed by atoms with Gasteiger partial charge in [0.25, 0.3) is 0 Å². The minimum Gasteiger partial charge on any atom is -0.307 e. The highest BCUT2D eigenvalue weighted by Gasteiger charge is 1.95. The van der Waals surface area contributed by atoms with Gasteiger partial charge in [0.1, 0.15) is 0 Å². The Morgan fingerprint density at radius 2 is 1.94 bits per heavy atom. The van der Waals surface area contributed by atoms with Gasteiger partial charge in [-0.1, -0.05) is 12.1 Å². The van der Waals surface area contributed by atoms with E-state index in [0.717, 1.165) is 18.8 Å². The third kappa shape index (κ3) is 3.84. The highest BCUT2D eigenvalue weighted by atomic mass is 32.2. The van der Waals surface area contributed by atoms with E-state index in [1.807, 2.05) is 12.1 Å². The molecule has 0 spiro atoms. The first kappa shape index (κ1) is 12.1. The molecule has 17 heavy (non-hydrogen) atoms. The van der Waals surface area contributed by atoms with E-state index in [0.29, 0.717) is 0 Å². The summed E-state index contributed by atoms with van der Waals surface area (Å²) in [6.07, 6.45) is 3.77. The van der Waals surface area contributed by atoms with Crippen LogP contribution < -0.4 is 5.32 Å². The Balaban J connectivity index is 1.82. The molecule has 0 aliphatic carbocycles. The molecule has 0 atom stereocenters. The van der Waals surface area contributed by atoms with E-state index in [2.05, 4.69) is 46.0 Å². The Bertz CT molecular complexity index is 442. The minimum atomic E-state index is 0.748. The molecule has 1 N–H and O–H groups in total. The molecule has 0 amide bonds. The Labute approximate surface area is 106 Å². The molecule has 2 aromatic rings. The highest BCUT2D eigenvalue weighted by molar-refractivity contribution is 7.98. The zero-order valence-corrected chi connectivity index (χ0v) is 10.6. The van der Waals surface area contributed by atoms with Crippen LogP contribution in [0.15, 0.2) is 47.5 Å². The molecule has 2 rings (SSSR count). The monoisotopic (exact) mass is 245 g/mol. The predicted octanol–water partition coefficient (Wildman–Crippen LogP) is 2.49. The molecular weight excluding hydrogens is 230 g/mol. The average molecular weight is 245 g/mol. The summed E-state index contributed by atoms with van der Waals surface area (Å²) in [4.78, 5) is 1.29. The molecule has 0 saturated heterocycles. The summed E-state index contributed by atoms with van der Waals surface area (Å²) in [6.45, 7) is 1.60. The third-order valence-electron chi connectivity index (χ3n) is 2.42. The fourth-order valence-corrected chi connectivity index (χ4v) is 1.91. The molecule has 0 aliphatic heterocycles. The second-order valence-corrected chi connectivity index (χ2v) is 4.55. The Morgan fingerprint density at radius 3 is 2.59 bits per heavy atom. The van der Waals surface area contributed by atoms with Crippen LogP contribution in [-0.2, 0) is 13.1 Å². The van der Waals surface area contributed by atoms with Crippen LogP contribution >= 0.6 is 11.8 Å². The lowest BCUT2D eigenvalue weighted by Gasteiger charge is -2.04. The molecule has 0 fully saturated rings. The van der Waals surface area contributed by atoms with Crippen LogP contribution in [0.3, 0.4) is 0 Å². The van der Waals surface area contributed by atoms with Crippen molar-refractivity contribution in [3.05, 3.63) is 53.9 Å². The molecule has 0 saturated carbocycles. The summed E-state index contributed by atoms with van der Waals surface area (Å²) < 4.78 is 0. The second kappa shape index (κ2) is 6.37.